The van der Waals surface area contributed by atoms with Gasteiger partial charge in [0.25, 0.3) is 0 Å². The molecule has 0 aliphatic rings. The Balaban J connectivity index is 1.79. The third kappa shape index (κ3) is 6.37. The minimum Gasteiger partial charge on any atom is -0.379 e. The molecule has 2 rings (SSSR count). The van der Waals surface area contributed by atoms with Gasteiger partial charge in [-0.25, -0.2) is 4.68 Å². The van der Waals surface area contributed by atoms with Gasteiger partial charge < -0.3 is 15.4 Å². The molecule has 1 aromatic heterocycles. The number of para-hydroxylation sites is 1. The summed E-state index contributed by atoms with van der Waals surface area (Å²) in [5.74, 6) is 0.808. The van der Waals surface area contributed by atoms with E-state index in [1.165, 1.54) is 5.56 Å². The number of aryl methyl sites for hydroxylation is 2. The second-order valence-electron chi connectivity index (χ2n) is 8.09. The molecule has 0 saturated heterocycles. The Morgan fingerprint density at radius 1 is 1.21 bits per heavy atom. The van der Waals surface area contributed by atoms with Crippen molar-refractivity contribution >= 4 is 5.96 Å². The number of hydrogen-bond donors (Lipinski definition) is 2. The second-order valence-corrected chi connectivity index (χ2v) is 8.09. The predicted octanol–water partition coefficient (Wildman–Crippen LogP) is 3.34. The maximum Gasteiger partial charge on any atom is 0.191 e. The molecule has 6 nitrogen and oxygen atoms in total. The van der Waals surface area contributed by atoms with E-state index in [9.17, 15) is 0 Å². The van der Waals surface area contributed by atoms with Crippen molar-refractivity contribution < 1.29 is 4.74 Å². The number of methoxy groups -OCH3 is 1. The molecule has 0 bridgehead atoms. The molecule has 28 heavy (non-hydrogen) atoms. The number of ether oxygens (including phenoxy) is 1. The molecular formula is C22H35N5O. The maximum absolute atomic E-state index is 5.59. The van der Waals surface area contributed by atoms with Crippen LogP contribution in [0.25, 0.3) is 5.69 Å². The fourth-order valence-electron chi connectivity index (χ4n) is 3.09. The third-order valence-electron chi connectivity index (χ3n) is 4.87. The average molecular weight is 386 g/mol. The number of aromatic nitrogens is 2. The molecule has 0 fully saturated rings. The van der Waals surface area contributed by atoms with E-state index in [4.69, 9.17) is 4.74 Å². The maximum atomic E-state index is 5.59. The van der Waals surface area contributed by atoms with Crippen LogP contribution >= 0.6 is 0 Å². The first-order valence-electron chi connectivity index (χ1n) is 9.93. The van der Waals surface area contributed by atoms with Crippen molar-refractivity contribution in [3.63, 3.8) is 0 Å². The van der Waals surface area contributed by atoms with Crippen molar-refractivity contribution in [2.24, 2.45) is 10.4 Å². The molecule has 0 spiro atoms. The number of benzene rings is 1. The lowest BCUT2D eigenvalue weighted by molar-refractivity contribution is 0.0205. The van der Waals surface area contributed by atoms with Crippen LogP contribution in [0.5, 0.6) is 0 Å². The largest absolute Gasteiger partial charge is 0.379 e. The topological polar surface area (TPSA) is 63.5 Å². The molecule has 0 saturated carbocycles. The van der Waals surface area contributed by atoms with Crippen LogP contribution in [0.2, 0.25) is 0 Å². The molecule has 1 atom stereocenters. The summed E-state index contributed by atoms with van der Waals surface area (Å²) in [6.07, 6.45) is 4.24. The first-order valence-corrected chi connectivity index (χ1v) is 9.93. The normalized spacial score (nSPS) is 13.4. The zero-order chi connectivity index (χ0) is 20.6. The lowest BCUT2D eigenvalue weighted by Crippen LogP contribution is -2.45. The molecule has 2 aromatic rings. The lowest BCUT2D eigenvalue weighted by atomic mass is 9.89. The van der Waals surface area contributed by atoms with Crippen molar-refractivity contribution in [2.75, 3.05) is 27.2 Å². The van der Waals surface area contributed by atoms with Gasteiger partial charge in [0.05, 0.1) is 17.5 Å². The van der Waals surface area contributed by atoms with Gasteiger partial charge in [-0.1, -0.05) is 39.0 Å². The minimum atomic E-state index is 0.0804. The Hall–Kier alpha value is -2.34. The summed E-state index contributed by atoms with van der Waals surface area (Å²) in [7, 11) is 3.55. The molecule has 2 N–H and O–H groups in total. The van der Waals surface area contributed by atoms with Crippen LogP contribution in [0.3, 0.4) is 0 Å². The van der Waals surface area contributed by atoms with Crippen LogP contribution in [0, 0.1) is 12.3 Å². The Bertz CT molecular complexity index is 746. The summed E-state index contributed by atoms with van der Waals surface area (Å²) in [6, 6.07) is 10.2. The monoisotopic (exact) mass is 385 g/mol. The van der Waals surface area contributed by atoms with Crippen molar-refractivity contribution in [1.29, 1.82) is 0 Å². The Morgan fingerprint density at radius 2 is 1.93 bits per heavy atom. The first-order chi connectivity index (χ1) is 13.3. The highest BCUT2D eigenvalue weighted by atomic mass is 16.5. The number of hydrogen-bond acceptors (Lipinski definition) is 3. The van der Waals surface area contributed by atoms with Crippen molar-refractivity contribution in [2.45, 2.75) is 46.6 Å². The second kappa shape index (κ2) is 10.3. The molecule has 154 valence electrons. The fraction of sp³-hybridized carbons (Fsp3) is 0.545. The molecule has 0 radical (unpaired) electrons. The van der Waals surface area contributed by atoms with E-state index in [-0.39, 0.29) is 11.5 Å². The van der Waals surface area contributed by atoms with E-state index in [1.807, 2.05) is 22.9 Å². The molecule has 1 unspecified atom stereocenters. The Labute approximate surface area is 169 Å². The van der Waals surface area contributed by atoms with E-state index in [1.54, 1.807) is 14.2 Å². The van der Waals surface area contributed by atoms with Crippen LogP contribution in [-0.4, -0.2) is 49.1 Å². The number of rotatable bonds is 8. The molecule has 6 heteroatoms. The van der Waals surface area contributed by atoms with Gasteiger partial charge in [-0.15, -0.1) is 0 Å². The summed E-state index contributed by atoms with van der Waals surface area (Å²) in [4.78, 5) is 4.30. The summed E-state index contributed by atoms with van der Waals surface area (Å²) < 4.78 is 7.54. The van der Waals surface area contributed by atoms with Crippen LogP contribution in [0.15, 0.2) is 41.5 Å². The molecule has 1 aromatic carbocycles. The van der Waals surface area contributed by atoms with Gasteiger partial charge in [0.2, 0.25) is 0 Å². The average Bonchev–Trinajstić information content (AvgIpc) is 3.04. The minimum absolute atomic E-state index is 0.0804. The van der Waals surface area contributed by atoms with Crippen LogP contribution < -0.4 is 10.6 Å². The highest BCUT2D eigenvalue weighted by Gasteiger charge is 2.24. The Kier molecular flexibility index (Phi) is 8.05. The van der Waals surface area contributed by atoms with Crippen LogP contribution in [-0.2, 0) is 11.2 Å². The number of guanidine groups is 1. The summed E-state index contributed by atoms with van der Waals surface area (Å²) in [5.41, 5.74) is 3.53. The quantitative estimate of drug-likeness (QED) is 0.416. The van der Waals surface area contributed by atoms with Crippen molar-refractivity contribution in [3.05, 3.63) is 47.8 Å². The predicted molar refractivity (Wildman–Crippen MR) is 116 cm³/mol. The molecule has 1 heterocycles. The Morgan fingerprint density at radius 3 is 2.54 bits per heavy atom. The zero-order valence-corrected chi connectivity index (χ0v) is 18.1. The van der Waals surface area contributed by atoms with Gasteiger partial charge in [0, 0.05) is 33.4 Å². The van der Waals surface area contributed by atoms with Gasteiger partial charge in [0.1, 0.15) is 0 Å². The van der Waals surface area contributed by atoms with Gasteiger partial charge in [-0.2, -0.15) is 5.10 Å². The fourth-order valence-corrected chi connectivity index (χ4v) is 3.09. The van der Waals surface area contributed by atoms with Crippen LogP contribution in [0.4, 0.5) is 0 Å². The highest BCUT2D eigenvalue weighted by Crippen LogP contribution is 2.20. The number of nitrogens with zero attached hydrogens (tertiary/aromatic N) is 3. The molecule has 0 aliphatic heterocycles. The van der Waals surface area contributed by atoms with Crippen molar-refractivity contribution in [1.82, 2.24) is 20.4 Å². The third-order valence-corrected chi connectivity index (χ3v) is 4.87. The van der Waals surface area contributed by atoms with Gasteiger partial charge >= 0.3 is 0 Å². The van der Waals surface area contributed by atoms with Gasteiger partial charge in [-0.05, 0) is 42.9 Å². The van der Waals surface area contributed by atoms with E-state index in [0.717, 1.165) is 43.3 Å². The summed E-state index contributed by atoms with van der Waals surface area (Å²) >= 11 is 0. The molecular weight excluding hydrogens is 350 g/mol. The molecule has 0 amide bonds. The number of nitrogens with one attached hydrogen (secondary N) is 2. The van der Waals surface area contributed by atoms with Crippen LogP contribution in [0.1, 0.15) is 38.4 Å². The van der Waals surface area contributed by atoms with Gasteiger partial charge in [0.15, 0.2) is 5.96 Å². The summed E-state index contributed by atoms with van der Waals surface area (Å²) in [5, 5.41) is 11.4. The lowest BCUT2D eigenvalue weighted by Gasteiger charge is -2.30. The van der Waals surface area contributed by atoms with E-state index >= 15 is 0 Å². The van der Waals surface area contributed by atoms with E-state index in [2.05, 4.69) is 66.7 Å². The van der Waals surface area contributed by atoms with Crippen molar-refractivity contribution in [3.8, 4) is 5.69 Å². The zero-order valence-electron chi connectivity index (χ0n) is 18.1. The molecule has 0 aliphatic carbocycles. The standard InChI is InChI=1S/C22H35N5O/c1-17-18(16-27(26-17)19-12-8-7-9-13-19)11-10-14-24-21(23-5)25-15-20(28-6)22(2,3)4/h7-9,12-13,16,20H,10-11,14-15H2,1-6H3,(H2,23,24,25). The SMILES string of the molecule is CN=C(NCCCc1cn(-c2ccccc2)nc1C)NCC(OC)C(C)(C)C. The van der Waals surface area contributed by atoms with E-state index < -0.39 is 0 Å². The smallest absolute Gasteiger partial charge is 0.191 e. The van der Waals surface area contributed by atoms with Gasteiger partial charge in [-0.3, -0.25) is 4.99 Å². The summed E-state index contributed by atoms with van der Waals surface area (Å²) in [6.45, 7) is 10.2. The van der Waals surface area contributed by atoms with E-state index in [0.29, 0.717) is 0 Å². The number of aliphatic imine (C=N–C) groups is 1. The highest BCUT2D eigenvalue weighted by molar-refractivity contribution is 5.79. The first kappa shape index (κ1) is 22.0.